The zero-order valence-electron chi connectivity index (χ0n) is 12.0. The predicted molar refractivity (Wildman–Crippen MR) is 92.1 cm³/mol. The second-order valence-electron chi connectivity index (χ2n) is 5.03. The van der Waals surface area contributed by atoms with E-state index in [1.807, 2.05) is 48.5 Å². The summed E-state index contributed by atoms with van der Waals surface area (Å²) in [6.07, 6.45) is 0. The second kappa shape index (κ2) is 6.16. The number of rotatable bonds is 3. The minimum absolute atomic E-state index is 0.115. The first-order valence-electron chi connectivity index (χ1n) is 6.89. The van der Waals surface area contributed by atoms with Crippen molar-refractivity contribution in [1.29, 1.82) is 0 Å². The Bertz CT molecular complexity index is 934. The van der Waals surface area contributed by atoms with Gasteiger partial charge in [0, 0.05) is 10.6 Å². The molecule has 0 aromatic heterocycles. The zero-order chi connectivity index (χ0) is 16.4. The molecule has 3 nitrogen and oxygen atoms in total. The van der Waals surface area contributed by atoms with Crippen LogP contribution in [0.2, 0.25) is 5.02 Å². The number of benzene rings is 3. The Balaban J connectivity index is 2.35. The Morgan fingerprint density at radius 2 is 1.39 bits per heavy atom. The van der Waals surface area contributed by atoms with Gasteiger partial charge in [-0.2, -0.15) is 8.42 Å². The van der Waals surface area contributed by atoms with Gasteiger partial charge in [0.1, 0.15) is 4.90 Å². The molecule has 0 aliphatic heterocycles. The number of hydrogen-bond donors (Lipinski definition) is 1. The minimum Gasteiger partial charge on any atom is -0.282 e. The molecule has 0 saturated carbocycles. The summed E-state index contributed by atoms with van der Waals surface area (Å²) in [5.74, 6) is 0. The van der Waals surface area contributed by atoms with Crippen LogP contribution in [-0.4, -0.2) is 13.0 Å². The van der Waals surface area contributed by atoms with Crippen LogP contribution >= 0.6 is 11.6 Å². The predicted octanol–water partition coefficient (Wildman–Crippen LogP) is 4.92. The summed E-state index contributed by atoms with van der Waals surface area (Å²) in [5.41, 5.74) is 2.71. The van der Waals surface area contributed by atoms with Gasteiger partial charge < -0.3 is 0 Å². The van der Waals surface area contributed by atoms with Crippen molar-refractivity contribution in [3.8, 4) is 22.3 Å². The summed E-state index contributed by atoms with van der Waals surface area (Å²) in [6, 6.07) is 21.1. The number of hydrogen-bond acceptors (Lipinski definition) is 2. The molecule has 3 rings (SSSR count). The van der Waals surface area contributed by atoms with Gasteiger partial charge in [0.05, 0.1) is 0 Å². The standard InChI is InChI=1S/C18H13ClO3S/c19-15-11-9-13(10-12-15)16-7-4-8-17(23(20,21)22)18(16)14-5-2-1-3-6-14/h1-12H,(H,20,21,22). The van der Waals surface area contributed by atoms with Crippen LogP contribution in [0.15, 0.2) is 77.7 Å². The van der Waals surface area contributed by atoms with Crippen LogP contribution in [0.25, 0.3) is 22.3 Å². The van der Waals surface area contributed by atoms with Crippen LogP contribution in [0.1, 0.15) is 0 Å². The third-order valence-corrected chi connectivity index (χ3v) is 4.67. The molecule has 0 spiro atoms. The van der Waals surface area contributed by atoms with Crippen molar-refractivity contribution in [2.24, 2.45) is 0 Å². The lowest BCUT2D eigenvalue weighted by Crippen LogP contribution is -2.02. The first-order chi connectivity index (χ1) is 11.0. The molecular weight excluding hydrogens is 332 g/mol. The molecule has 0 aliphatic carbocycles. The van der Waals surface area contributed by atoms with Crippen molar-refractivity contribution in [1.82, 2.24) is 0 Å². The molecule has 0 amide bonds. The minimum atomic E-state index is -4.35. The Labute approximate surface area is 139 Å². The van der Waals surface area contributed by atoms with Gasteiger partial charge in [-0.1, -0.05) is 66.2 Å². The van der Waals surface area contributed by atoms with Crippen LogP contribution in [0, 0.1) is 0 Å². The molecule has 0 radical (unpaired) electrons. The summed E-state index contributed by atoms with van der Waals surface area (Å²) in [6.45, 7) is 0. The molecule has 0 unspecified atom stereocenters. The topological polar surface area (TPSA) is 54.4 Å². The lowest BCUT2D eigenvalue weighted by atomic mass is 9.94. The molecule has 116 valence electrons. The van der Waals surface area contributed by atoms with E-state index in [4.69, 9.17) is 11.6 Å². The van der Waals surface area contributed by atoms with Crippen molar-refractivity contribution in [3.63, 3.8) is 0 Å². The lowest BCUT2D eigenvalue weighted by molar-refractivity contribution is 0.483. The largest absolute Gasteiger partial charge is 0.295 e. The van der Waals surface area contributed by atoms with Gasteiger partial charge in [-0.25, -0.2) is 0 Å². The van der Waals surface area contributed by atoms with E-state index in [1.165, 1.54) is 6.07 Å². The smallest absolute Gasteiger partial charge is 0.282 e. The Morgan fingerprint density at radius 1 is 0.739 bits per heavy atom. The van der Waals surface area contributed by atoms with Gasteiger partial charge >= 0.3 is 0 Å². The molecule has 3 aromatic carbocycles. The zero-order valence-corrected chi connectivity index (χ0v) is 13.6. The van der Waals surface area contributed by atoms with Crippen LogP contribution in [-0.2, 0) is 10.1 Å². The van der Waals surface area contributed by atoms with Crippen LogP contribution < -0.4 is 0 Å². The van der Waals surface area contributed by atoms with E-state index in [1.54, 1.807) is 18.2 Å². The van der Waals surface area contributed by atoms with E-state index in [2.05, 4.69) is 0 Å². The highest BCUT2D eigenvalue weighted by molar-refractivity contribution is 7.86. The summed E-state index contributed by atoms with van der Waals surface area (Å²) in [5, 5.41) is 0.598. The van der Waals surface area contributed by atoms with Crippen molar-refractivity contribution in [2.45, 2.75) is 4.90 Å². The van der Waals surface area contributed by atoms with Crippen LogP contribution in [0.4, 0.5) is 0 Å². The van der Waals surface area contributed by atoms with Gasteiger partial charge in [-0.3, -0.25) is 4.55 Å². The molecular formula is C18H13ClO3S. The first kappa shape index (κ1) is 15.7. The summed E-state index contributed by atoms with van der Waals surface area (Å²) < 4.78 is 33.2. The Hall–Kier alpha value is -2.14. The molecule has 0 atom stereocenters. The molecule has 0 fully saturated rings. The van der Waals surface area contributed by atoms with Crippen LogP contribution in [0.5, 0.6) is 0 Å². The molecule has 23 heavy (non-hydrogen) atoms. The summed E-state index contributed by atoms with van der Waals surface area (Å²) in [7, 11) is -4.35. The third-order valence-electron chi connectivity index (χ3n) is 3.52. The van der Waals surface area contributed by atoms with Gasteiger partial charge in [0.25, 0.3) is 10.1 Å². The SMILES string of the molecule is O=S(=O)(O)c1cccc(-c2ccc(Cl)cc2)c1-c1ccccc1. The normalized spacial score (nSPS) is 11.4. The third kappa shape index (κ3) is 3.29. The molecule has 1 N–H and O–H groups in total. The van der Waals surface area contributed by atoms with Gasteiger partial charge in [0.15, 0.2) is 0 Å². The average molecular weight is 345 g/mol. The molecule has 0 heterocycles. The van der Waals surface area contributed by atoms with Crippen molar-refractivity contribution < 1.29 is 13.0 Å². The van der Waals surface area contributed by atoms with E-state index in [9.17, 15) is 13.0 Å². The summed E-state index contributed by atoms with van der Waals surface area (Å²) in [4.78, 5) is -0.115. The molecule has 0 bridgehead atoms. The first-order valence-corrected chi connectivity index (χ1v) is 8.70. The van der Waals surface area contributed by atoms with E-state index < -0.39 is 10.1 Å². The fourth-order valence-corrected chi connectivity index (χ4v) is 3.38. The van der Waals surface area contributed by atoms with Gasteiger partial charge in [0.2, 0.25) is 0 Å². The monoisotopic (exact) mass is 344 g/mol. The lowest BCUT2D eigenvalue weighted by Gasteiger charge is -2.14. The maximum Gasteiger partial charge on any atom is 0.295 e. The maximum absolute atomic E-state index is 11.8. The van der Waals surface area contributed by atoms with E-state index in [0.717, 1.165) is 5.56 Å². The fourth-order valence-electron chi connectivity index (χ4n) is 2.52. The van der Waals surface area contributed by atoms with Crippen LogP contribution in [0.3, 0.4) is 0 Å². The molecule has 0 aliphatic rings. The maximum atomic E-state index is 11.8. The van der Waals surface area contributed by atoms with Crippen molar-refractivity contribution in [2.75, 3.05) is 0 Å². The average Bonchev–Trinajstić information content (AvgIpc) is 2.55. The Morgan fingerprint density at radius 3 is 2.00 bits per heavy atom. The molecule has 3 aromatic rings. The fraction of sp³-hybridized carbons (Fsp3) is 0. The number of halogens is 1. The van der Waals surface area contributed by atoms with E-state index in [0.29, 0.717) is 21.7 Å². The quantitative estimate of drug-likeness (QED) is 0.686. The highest BCUT2D eigenvalue weighted by Gasteiger charge is 2.20. The van der Waals surface area contributed by atoms with E-state index >= 15 is 0 Å². The van der Waals surface area contributed by atoms with Gasteiger partial charge in [-0.05, 0) is 34.9 Å². The highest BCUT2D eigenvalue weighted by atomic mass is 35.5. The molecule has 0 saturated heterocycles. The molecule has 5 heteroatoms. The highest BCUT2D eigenvalue weighted by Crippen LogP contribution is 2.37. The summed E-state index contributed by atoms with van der Waals surface area (Å²) >= 11 is 5.92. The van der Waals surface area contributed by atoms with Crippen molar-refractivity contribution >= 4 is 21.7 Å². The van der Waals surface area contributed by atoms with E-state index in [-0.39, 0.29) is 4.90 Å². The van der Waals surface area contributed by atoms with Gasteiger partial charge in [-0.15, -0.1) is 0 Å². The second-order valence-corrected chi connectivity index (χ2v) is 6.85. The van der Waals surface area contributed by atoms with Crippen molar-refractivity contribution in [3.05, 3.63) is 77.8 Å². The Kier molecular flexibility index (Phi) is 4.22.